The third kappa shape index (κ3) is 3.48. The molecule has 4 unspecified atom stereocenters. The lowest BCUT2D eigenvalue weighted by Gasteiger charge is -2.41. The maximum absolute atomic E-state index is 10.3. The van der Waals surface area contributed by atoms with Crippen LogP contribution in [-0.2, 0) is 0 Å². The highest BCUT2D eigenvalue weighted by Crippen LogP contribution is 2.40. The summed E-state index contributed by atoms with van der Waals surface area (Å²) in [6, 6.07) is 0. The van der Waals surface area contributed by atoms with E-state index in [0.29, 0.717) is 11.3 Å². The number of aliphatic hydroxyl groups excluding tert-OH is 1. The number of aliphatic hydroxyl groups is 1. The zero-order valence-electron chi connectivity index (χ0n) is 12.7. The molecule has 1 aliphatic carbocycles. The first kappa shape index (κ1) is 14.3. The van der Waals surface area contributed by atoms with Gasteiger partial charge in [-0.3, -0.25) is 0 Å². The zero-order valence-corrected chi connectivity index (χ0v) is 12.7. The molecule has 4 atom stereocenters. The summed E-state index contributed by atoms with van der Waals surface area (Å²) >= 11 is 0. The molecule has 1 N–H and O–H groups in total. The molecule has 1 aliphatic heterocycles. The summed E-state index contributed by atoms with van der Waals surface area (Å²) in [6.45, 7) is 13.0. The molecule has 0 aromatic heterocycles. The predicted molar refractivity (Wildman–Crippen MR) is 76.5 cm³/mol. The van der Waals surface area contributed by atoms with Crippen LogP contribution in [0.15, 0.2) is 0 Å². The van der Waals surface area contributed by atoms with Crippen molar-refractivity contribution in [1.29, 1.82) is 0 Å². The monoisotopic (exact) mass is 253 g/mol. The molecule has 0 aromatic rings. The van der Waals surface area contributed by atoms with Crippen molar-refractivity contribution >= 4 is 0 Å². The fourth-order valence-corrected chi connectivity index (χ4v) is 3.75. The van der Waals surface area contributed by atoms with Gasteiger partial charge in [0.1, 0.15) is 0 Å². The van der Waals surface area contributed by atoms with E-state index in [0.717, 1.165) is 24.8 Å². The zero-order chi connectivity index (χ0) is 13.3. The van der Waals surface area contributed by atoms with E-state index in [-0.39, 0.29) is 6.10 Å². The molecule has 1 heterocycles. The summed E-state index contributed by atoms with van der Waals surface area (Å²) in [5.41, 5.74) is 0.399. The van der Waals surface area contributed by atoms with E-state index in [2.05, 4.69) is 32.6 Å². The molecule has 2 fully saturated rings. The second kappa shape index (κ2) is 5.50. The molecule has 18 heavy (non-hydrogen) atoms. The summed E-state index contributed by atoms with van der Waals surface area (Å²) in [4.78, 5) is 2.57. The van der Waals surface area contributed by atoms with Crippen LogP contribution in [0.3, 0.4) is 0 Å². The van der Waals surface area contributed by atoms with Crippen LogP contribution < -0.4 is 0 Å². The molecular weight excluding hydrogens is 222 g/mol. The second-order valence-corrected chi connectivity index (χ2v) is 7.86. The molecule has 106 valence electrons. The van der Waals surface area contributed by atoms with Crippen molar-refractivity contribution in [2.75, 3.05) is 19.6 Å². The lowest BCUT2D eigenvalue weighted by atomic mass is 9.68. The van der Waals surface area contributed by atoms with Crippen molar-refractivity contribution in [3.63, 3.8) is 0 Å². The molecule has 0 spiro atoms. The minimum atomic E-state index is -0.0560. The number of likely N-dealkylation sites (tertiary alicyclic amines) is 1. The first-order valence-corrected chi connectivity index (χ1v) is 7.76. The average molecular weight is 253 g/mol. The van der Waals surface area contributed by atoms with Gasteiger partial charge in [-0.2, -0.15) is 0 Å². The largest absolute Gasteiger partial charge is 0.393 e. The van der Waals surface area contributed by atoms with Gasteiger partial charge < -0.3 is 10.0 Å². The van der Waals surface area contributed by atoms with E-state index in [9.17, 15) is 5.11 Å². The molecule has 1 saturated carbocycles. The quantitative estimate of drug-likeness (QED) is 0.817. The lowest BCUT2D eigenvalue weighted by molar-refractivity contribution is 0.00587. The van der Waals surface area contributed by atoms with Crippen molar-refractivity contribution in [2.24, 2.45) is 23.2 Å². The Hall–Kier alpha value is -0.0800. The van der Waals surface area contributed by atoms with E-state index < -0.39 is 0 Å². The Kier molecular flexibility index (Phi) is 4.38. The number of hydrogen-bond acceptors (Lipinski definition) is 2. The molecule has 2 aliphatic rings. The average Bonchev–Trinajstić information content (AvgIpc) is 2.66. The molecule has 2 nitrogen and oxygen atoms in total. The minimum absolute atomic E-state index is 0.0560. The maximum atomic E-state index is 10.3. The summed E-state index contributed by atoms with van der Waals surface area (Å²) in [5, 5.41) is 10.3. The summed E-state index contributed by atoms with van der Waals surface area (Å²) in [5.74, 6) is 2.14. The van der Waals surface area contributed by atoms with Crippen LogP contribution in [0.4, 0.5) is 0 Å². The van der Waals surface area contributed by atoms with Gasteiger partial charge in [0, 0.05) is 13.1 Å². The van der Waals surface area contributed by atoms with E-state index in [1.165, 1.54) is 32.4 Å². The van der Waals surface area contributed by atoms with Crippen molar-refractivity contribution in [3.8, 4) is 0 Å². The number of nitrogens with zero attached hydrogens (tertiary/aromatic N) is 1. The Morgan fingerprint density at radius 3 is 2.44 bits per heavy atom. The van der Waals surface area contributed by atoms with Gasteiger partial charge in [0.2, 0.25) is 0 Å². The first-order chi connectivity index (χ1) is 8.36. The van der Waals surface area contributed by atoms with Crippen LogP contribution in [0.1, 0.15) is 53.4 Å². The van der Waals surface area contributed by atoms with Crippen LogP contribution in [0.2, 0.25) is 0 Å². The third-order valence-corrected chi connectivity index (χ3v) is 5.17. The fraction of sp³-hybridized carbons (Fsp3) is 1.00. The maximum Gasteiger partial charge on any atom is 0.0580 e. The number of rotatable bonds is 2. The van der Waals surface area contributed by atoms with Gasteiger partial charge in [-0.15, -0.1) is 0 Å². The molecule has 1 saturated heterocycles. The Morgan fingerprint density at radius 2 is 1.89 bits per heavy atom. The smallest absolute Gasteiger partial charge is 0.0580 e. The minimum Gasteiger partial charge on any atom is -0.393 e. The molecule has 0 bridgehead atoms. The first-order valence-electron chi connectivity index (χ1n) is 7.76. The molecule has 2 rings (SSSR count). The van der Waals surface area contributed by atoms with E-state index in [1.807, 2.05) is 0 Å². The highest BCUT2D eigenvalue weighted by Gasteiger charge is 2.36. The van der Waals surface area contributed by atoms with Crippen molar-refractivity contribution in [3.05, 3.63) is 0 Å². The van der Waals surface area contributed by atoms with E-state index in [4.69, 9.17) is 0 Å². The van der Waals surface area contributed by atoms with Crippen molar-refractivity contribution in [1.82, 2.24) is 4.90 Å². The van der Waals surface area contributed by atoms with Gasteiger partial charge in [-0.05, 0) is 55.4 Å². The van der Waals surface area contributed by atoms with Gasteiger partial charge in [-0.25, -0.2) is 0 Å². The Labute approximate surface area is 113 Å². The normalized spacial score (nSPS) is 39.2. The van der Waals surface area contributed by atoms with Gasteiger partial charge in [0.05, 0.1) is 6.10 Å². The SMILES string of the molecule is CC1CCN(CC2CC(C(C)(C)C)CCC2O)C1. The fourth-order valence-electron chi connectivity index (χ4n) is 3.75. The van der Waals surface area contributed by atoms with Crippen molar-refractivity contribution in [2.45, 2.75) is 59.5 Å². The standard InChI is InChI=1S/C16H31NO/c1-12-7-8-17(10-12)11-13-9-14(16(2,3)4)5-6-15(13)18/h12-15,18H,5-11H2,1-4H3. The molecule has 0 amide bonds. The Bertz CT molecular complexity index is 271. The number of hydrogen-bond donors (Lipinski definition) is 1. The van der Waals surface area contributed by atoms with Crippen LogP contribution in [0.25, 0.3) is 0 Å². The van der Waals surface area contributed by atoms with Crippen LogP contribution in [0.5, 0.6) is 0 Å². The Balaban J connectivity index is 1.89. The van der Waals surface area contributed by atoms with Gasteiger partial charge in [0.15, 0.2) is 0 Å². The molecule has 0 radical (unpaired) electrons. The summed E-state index contributed by atoms with van der Waals surface area (Å²) < 4.78 is 0. The Morgan fingerprint density at radius 1 is 1.17 bits per heavy atom. The highest BCUT2D eigenvalue weighted by atomic mass is 16.3. The lowest BCUT2D eigenvalue weighted by Crippen LogP contribution is -2.40. The van der Waals surface area contributed by atoms with Gasteiger partial charge >= 0.3 is 0 Å². The molecular formula is C16H31NO. The van der Waals surface area contributed by atoms with Crippen LogP contribution >= 0.6 is 0 Å². The topological polar surface area (TPSA) is 23.5 Å². The second-order valence-electron chi connectivity index (χ2n) is 7.86. The summed E-state index contributed by atoms with van der Waals surface area (Å²) in [7, 11) is 0. The van der Waals surface area contributed by atoms with Gasteiger partial charge in [0.25, 0.3) is 0 Å². The van der Waals surface area contributed by atoms with Gasteiger partial charge in [-0.1, -0.05) is 27.7 Å². The molecule has 0 aromatic carbocycles. The summed E-state index contributed by atoms with van der Waals surface area (Å²) in [6.07, 6.45) is 4.72. The van der Waals surface area contributed by atoms with Crippen LogP contribution in [0, 0.1) is 23.2 Å². The van der Waals surface area contributed by atoms with E-state index in [1.54, 1.807) is 0 Å². The van der Waals surface area contributed by atoms with Crippen LogP contribution in [-0.4, -0.2) is 35.7 Å². The third-order valence-electron chi connectivity index (χ3n) is 5.17. The predicted octanol–water partition coefficient (Wildman–Crippen LogP) is 3.15. The molecule has 2 heteroatoms. The highest BCUT2D eigenvalue weighted by molar-refractivity contribution is 4.88. The van der Waals surface area contributed by atoms with E-state index >= 15 is 0 Å². The van der Waals surface area contributed by atoms with Crippen molar-refractivity contribution < 1.29 is 5.11 Å².